The van der Waals surface area contributed by atoms with Gasteiger partial charge in [-0.3, -0.25) is 0 Å². The van der Waals surface area contributed by atoms with E-state index in [1.807, 2.05) is 0 Å². The summed E-state index contributed by atoms with van der Waals surface area (Å²) < 4.78 is 2.49. The normalized spacial score (nSPS) is 21.4. The lowest BCUT2D eigenvalue weighted by Crippen LogP contribution is -2.39. The third-order valence-electron chi connectivity index (χ3n) is 5.66. The first-order valence-corrected chi connectivity index (χ1v) is 8.77. The van der Waals surface area contributed by atoms with E-state index in [2.05, 4.69) is 53.8 Å². The maximum atomic E-state index is 4.73. The van der Waals surface area contributed by atoms with Gasteiger partial charge in [0.2, 0.25) is 0 Å². The van der Waals surface area contributed by atoms with Gasteiger partial charge in [-0.1, -0.05) is 43.7 Å². The van der Waals surface area contributed by atoms with Crippen molar-refractivity contribution in [2.75, 3.05) is 0 Å². The Kier molecular flexibility index (Phi) is 3.32. The molecule has 1 aromatic carbocycles. The molecule has 2 aliphatic rings. The minimum absolute atomic E-state index is 0.102. The van der Waals surface area contributed by atoms with Gasteiger partial charge in [-0.25, -0.2) is 0 Å². The van der Waals surface area contributed by atoms with Gasteiger partial charge in [0.05, 0.1) is 5.41 Å². The molecule has 0 spiro atoms. The largest absolute Gasteiger partial charge is 0.311 e. The molecule has 0 saturated heterocycles. The molecule has 1 aromatic heterocycles. The summed E-state index contributed by atoms with van der Waals surface area (Å²) in [4.78, 5) is 0. The highest BCUT2D eigenvalue weighted by molar-refractivity contribution is 5.36. The quantitative estimate of drug-likeness (QED) is 0.807. The van der Waals surface area contributed by atoms with E-state index in [9.17, 15) is 0 Å². The van der Waals surface area contributed by atoms with Gasteiger partial charge in [-0.15, -0.1) is 10.2 Å². The Morgan fingerprint density at radius 1 is 1.18 bits per heavy atom. The van der Waals surface area contributed by atoms with Crippen molar-refractivity contribution >= 4 is 0 Å². The van der Waals surface area contributed by atoms with E-state index < -0.39 is 0 Å². The highest BCUT2D eigenvalue weighted by atomic mass is 15.3. The molecule has 1 unspecified atom stereocenters. The van der Waals surface area contributed by atoms with Crippen LogP contribution < -0.4 is 0 Å². The first-order valence-electron chi connectivity index (χ1n) is 8.77. The van der Waals surface area contributed by atoms with Crippen molar-refractivity contribution in [3.63, 3.8) is 0 Å². The molecule has 1 atom stereocenters. The standard InChI is InChI=1S/C19H25N3/c1-3-14(2)22-17(15-10-11-15)20-21-18(22)19(12-7-13-19)16-8-5-4-6-9-16/h4-6,8-9,14-15H,3,7,10-13H2,1-2H3. The fourth-order valence-electron chi connectivity index (χ4n) is 3.80. The summed E-state index contributed by atoms with van der Waals surface area (Å²) in [6, 6.07) is 11.4. The lowest BCUT2D eigenvalue weighted by molar-refractivity contribution is 0.267. The summed E-state index contributed by atoms with van der Waals surface area (Å²) in [5, 5.41) is 9.36. The van der Waals surface area contributed by atoms with E-state index in [1.165, 1.54) is 49.3 Å². The molecule has 22 heavy (non-hydrogen) atoms. The zero-order valence-electron chi connectivity index (χ0n) is 13.6. The fourth-order valence-corrected chi connectivity index (χ4v) is 3.80. The van der Waals surface area contributed by atoms with Gasteiger partial charge in [0.1, 0.15) is 11.6 Å². The minimum Gasteiger partial charge on any atom is -0.311 e. The second-order valence-electron chi connectivity index (χ2n) is 7.09. The Hall–Kier alpha value is -1.64. The van der Waals surface area contributed by atoms with Crippen molar-refractivity contribution in [2.24, 2.45) is 0 Å². The second kappa shape index (κ2) is 5.22. The van der Waals surface area contributed by atoms with Crippen LogP contribution in [0.15, 0.2) is 30.3 Å². The van der Waals surface area contributed by atoms with Crippen molar-refractivity contribution in [1.29, 1.82) is 0 Å². The molecular weight excluding hydrogens is 270 g/mol. The lowest BCUT2D eigenvalue weighted by atomic mass is 9.63. The zero-order chi connectivity index (χ0) is 15.2. The molecule has 3 nitrogen and oxygen atoms in total. The third-order valence-corrected chi connectivity index (χ3v) is 5.66. The SMILES string of the molecule is CCC(C)n1c(C2CC2)nnc1C1(c2ccccc2)CCC1. The molecule has 0 radical (unpaired) electrons. The zero-order valence-corrected chi connectivity index (χ0v) is 13.6. The van der Waals surface area contributed by atoms with E-state index in [1.54, 1.807) is 0 Å². The maximum absolute atomic E-state index is 4.73. The lowest BCUT2D eigenvalue weighted by Gasteiger charge is -2.42. The van der Waals surface area contributed by atoms with Crippen molar-refractivity contribution in [2.45, 2.75) is 69.7 Å². The molecule has 2 aromatic rings. The highest BCUT2D eigenvalue weighted by Gasteiger charge is 2.46. The van der Waals surface area contributed by atoms with Crippen molar-refractivity contribution in [3.05, 3.63) is 47.5 Å². The number of nitrogens with zero attached hydrogens (tertiary/aromatic N) is 3. The molecule has 0 aliphatic heterocycles. The molecule has 0 amide bonds. The summed E-state index contributed by atoms with van der Waals surface area (Å²) in [6.45, 7) is 4.58. The fraction of sp³-hybridized carbons (Fsp3) is 0.579. The van der Waals surface area contributed by atoms with E-state index in [0.29, 0.717) is 12.0 Å². The van der Waals surface area contributed by atoms with Gasteiger partial charge in [0.25, 0.3) is 0 Å². The maximum Gasteiger partial charge on any atom is 0.143 e. The molecule has 2 fully saturated rings. The van der Waals surface area contributed by atoms with Crippen LogP contribution in [-0.4, -0.2) is 14.8 Å². The molecule has 0 N–H and O–H groups in total. The van der Waals surface area contributed by atoms with Crippen LogP contribution in [-0.2, 0) is 5.41 Å². The van der Waals surface area contributed by atoms with Crippen LogP contribution in [0.4, 0.5) is 0 Å². The summed E-state index contributed by atoms with van der Waals surface area (Å²) in [5.74, 6) is 3.12. The first-order chi connectivity index (χ1) is 10.8. The number of hydrogen-bond acceptors (Lipinski definition) is 2. The number of benzene rings is 1. The molecule has 2 aliphatic carbocycles. The van der Waals surface area contributed by atoms with E-state index in [4.69, 9.17) is 5.10 Å². The Labute approximate surface area is 132 Å². The van der Waals surface area contributed by atoms with Crippen molar-refractivity contribution in [1.82, 2.24) is 14.8 Å². The van der Waals surface area contributed by atoms with Gasteiger partial charge in [0.15, 0.2) is 0 Å². The molecule has 3 heteroatoms. The molecular formula is C19H25N3. The van der Waals surface area contributed by atoms with Gasteiger partial charge < -0.3 is 4.57 Å². The van der Waals surface area contributed by atoms with Gasteiger partial charge in [0, 0.05) is 12.0 Å². The molecule has 1 heterocycles. The van der Waals surface area contributed by atoms with E-state index in [-0.39, 0.29) is 5.41 Å². The number of aromatic nitrogens is 3. The predicted molar refractivity (Wildman–Crippen MR) is 88.1 cm³/mol. The first kappa shape index (κ1) is 14.0. The van der Waals surface area contributed by atoms with Crippen LogP contribution in [0.3, 0.4) is 0 Å². The average Bonchev–Trinajstić information content (AvgIpc) is 3.27. The Bertz CT molecular complexity index is 651. The van der Waals surface area contributed by atoms with Crippen LogP contribution in [0.25, 0.3) is 0 Å². The van der Waals surface area contributed by atoms with Crippen LogP contribution >= 0.6 is 0 Å². The van der Waals surface area contributed by atoms with Crippen molar-refractivity contribution in [3.8, 4) is 0 Å². The molecule has 0 bridgehead atoms. The summed E-state index contributed by atoms with van der Waals surface area (Å²) in [7, 11) is 0. The molecule has 116 valence electrons. The van der Waals surface area contributed by atoms with Crippen LogP contribution in [0.1, 0.15) is 81.5 Å². The van der Waals surface area contributed by atoms with Crippen LogP contribution in [0, 0.1) is 0 Å². The number of rotatable bonds is 5. The van der Waals surface area contributed by atoms with Crippen LogP contribution in [0.2, 0.25) is 0 Å². The molecule has 2 saturated carbocycles. The second-order valence-corrected chi connectivity index (χ2v) is 7.09. The monoisotopic (exact) mass is 295 g/mol. The van der Waals surface area contributed by atoms with Crippen molar-refractivity contribution < 1.29 is 0 Å². The summed E-state index contributed by atoms with van der Waals surface area (Å²) >= 11 is 0. The van der Waals surface area contributed by atoms with Gasteiger partial charge >= 0.3 is 0 Å². The summed E-state index contributed by atoms with van der Waals surface area (Å²) in [5.41, 5.74) is 1.52. The molecule has 4 rings (SSSR count). The van der Waals surface area contributed by atoms with E-state index in [0.717, 1.165) is 6.42 Å². The topological polar surface area (TPSA) is 30.7 Å². The van der Waals surface area contributed by atoms with Crippen LogP contribution in [0.5, 0.6) is 0 Å². The summed E-state index contributed by atoms with van der Waals surface area (Å²) in [6.07, 6.45) is 7.41. The highest BCUT2D eigenvalue weighted by Crippen LogP contribution is 2.50. The average molecular weight is 295 g/mol. The minimum atomic E-state index is 0.102. The predicted octanol–water partition coefficient (Wildman–Crippen LogP) is 4.60. The Morgan fingerprint density at radius 2 is 1.91 bits per heavy atom. The van der Waals surface area contributed by atoms with Gasteiger partial charge in [-0.05, 0) is 44.6 Å². The Morgan fingerprint density at radius 3 is 2.45 bits per heavy atom. The third kappa shape index (κ3) is 2.02. The number of hydrogen-bond donors (Lipinski definition) is 0. The van der Waals surface area contributed by atoms with Gasteiger partial charge in [-0.2, -0.15) is 0 Å². The Balaban J connectivity index is 1.84. The van der Waals surface area contributed by atoms with E-state index >= 15 is 0 Å². The smallest absolute Gasteiger partial charge is 0.143 e.